The summed E-state index contributed by atoms with van der Waals surface area (Å²) in [4.78, 5) is 0. The zero-order valence-electron chi connectivity index (χ0n) is 12.3. The highest BCUT2D eigenvalue weighted by molar-refractivity contribution is 9.10. The van der Waals surface area contributed by atoms with Gasteiger partial charge in [-0.25, -0.2) is 0 Å². The van der Waals surface area contributed by atoms with E-state index < -0.39 is 0 Å². The minimum atomic E-state index is 0.337. The molecule has 0 aromatic heterocycles. The van der Waals surface area contributed by atoms with Crippen LogP contribution in [0.25, 0.3) is 0 Å². The average Bonchev–Trinajstić information content (AvgIpc) is 2.49. The van der Waals surface area contributed by atoms with Gasteiger partial charge in [-0.1, -0.05) is 45.2 Å². The quantitative estimate of drug-likeness (QED) is 0.729. The molecule has 0 saturated heterocycles. The number of nitrogens with one attached hydrogen (secondary N) is 1. The SMILES string of the molecule is CNCc1cc(OC)c(OCc2ccc(Cl)cc2Cl)cc1Br. The highest BCUT2D eigenvalue weighted by atomic mass is 79.9. The van der Waals surface area contributed by atoms with Gasteiger partial charge in [0.1, 0.15) is 6.61 Å². The molecule has 3 nitrogen and oxygen atoms in total. The Hall–Kier alpha value is -0.940. The summed E-state index contributed by atoms with van der Waals surface area (Å²) in [7, 11) is 3.51. The van der Waals surface area contributed by atoms with Crippen molar-refractivity contribution in [3.63, 3.8) is 0 Å². The standard InChI is InChI=1S/C16H16BrCl2NO2/c1-20-8-11-5-15(21-2)16(7-13(11)17)22-9-10-3-4-12(18)6-14(10)19/h3-7,20H,8-9H2,1-2H3. The van der Waals surface area contributed by atoms with Crippen molar-refractivity contribution in [2.75, 3.05) is 14.2 Å². The van der Waals surface area contributed by atoms with E-state index in [1.54, 1.807) is 19.2 Å². The van der Waals surface area contributed by atoms with Gasteiger partial charge in [0.05, 0.1) is 7.11 Å². The van der Waals surface area contributed by atoms with E-state index in [9.17, 15) is 0 Å². The summed E-state index contributed by atoms with van der Waals surface area (Å²) < 4.78 is 12.2. The van der Waals surface area contributed by atoms with Crippen molar-refractivity contribution < 1.29 is 9.47 Å². The smallest absolute Gasteiger partial charge is 0.162 e. The summed E-state index contributed by atoms with van der Waals surface area (Å²) in [6, 6.07) is 9.18. The monoisotopic (exact) mass is 403 g/mol. The Morgan fingerprint density at radius 2 is 1.86 bits per heavy atom. The molecule has 0 radical (unpaired) electrons. The first-order valence-electron chi connectivity index (χ1n) is 6.63. The lowest BCUT2D eigenvalue weighted by Gasteiger charge is -2.14. The Morgan fingerprint density at radius 3 is 2.50 bits per heavy atom. The number of rotatable bonds is 6. The molecule has 2 aromatic carbocycles. The normalized spacial score (nSPS) is 10.6. The van der Waals surface area contributed by atoms with Gasteiger partial charge in [-0.2, -0.15) is 0 Å². The molecule has 0 saturated carbocycles. The Balaban J connectivity index is 2.20. The molecule has 0 heterocycles. The fourth-order valence-electron chi connectivity index (χ4n) is 1.97. The van der Waals surface area contributed by atoms with Gasteiger partial charge in [-0.15, -0.1) is 0 Å². The highest BCUT2D eigenvalue weighted by Crippen LogP contribution is 2.34. The van der Waals surface area contributed by atoms with Crippen molar-refractivity contribution in [2.24, 2.45) is 0 Å². The van der Waals surface area contributed by atoms with Crippen LogP contribution in [0.3, 0.4) is 0 Å². The Bertz CT molecular complexity index is 665. The lowest BCUT2D eigenvalue weighted by atomic mass is 10.2. The van der Waals surface area contributed by atoms with E-state index in [-0.39, 0.29) is 0 Å². The second-order valence-corrected chi connectivity index (χ2v) is 6.35. The van der Waals surface area contributed by atoms with E-state index in [1.807, 2.05) is 25.2 Å². The predicted molar refractivity (Wildman–Crippen MR) is 94.3 cm³/mol. The molecule has 118 valence electrons. The Kier molecular flexibility index (Phi) is 6.38. The third kappa shape index (κ3) is 4.29. The van der Waals surface area contributed by atoms with Gasteiger partial charge in [-0.05, 0) is 36.9 Å². The van der Waals surface area contributed by atoms with Crippen LogP contribution in [-0.2, 0) is 13.2 Å². The molecule has 1 N–H and O–H groups in total. The minimum absolute atomic E-state index is 0.337. The van der Waals surface area contributed by atoms with E-state index in [1.165, 1.54) is 0 Å². The molecule has 22 heavy (non-hydrogen) atoms. The van der Waals surface area contributed by atoms with Gasteiger partial charge in [-0.3, -0.25) is 0 Å². The molecule has 0 amide bonds. The van der Waals surface area contributed by atoms with Crippen molar-refractivity contribution in [1.29, 1.82) is 0 Å². The van der Waals surface area contributed by atoms with E-state index in [4.69, 9.17) is 32.7 Å². The zero-order chi connectivity index (χ0) is 16.1. The minimum Gasteiger partial charge on any atom is -0.493 e. The molecule has 6 heteroatoms. The first-order valence-corrected chi connectivity index (χ1v) is 8.17. The summed E-state index contributed by atoms with van der Waals surface area (Å²) in [5.41, 5.74) is 1.96. The highest BCUT2D eigenvalue weighted by Gasteiger charge is 2.11. The van der Waals surface area contributed by atoms with Gasteiger partial charge in [0.2, 0.25) is 0 Å². The van der Waals surface area contributed by atoms with E-state index >= 15 is 0 Å². The van der Waals surface area contributed by atoms with E-state index in [0.717, 1.165) is 22.1 Å². The first kappa shape index (κ1) is 17.4. The second-order valence-electron chi connectivity index (χ2n) is 4.65. The molecule has 0 aliphatic heterocycles. The molecule has 0 aliphatic carbocycles. The van der Waals surface area contributed by atoms with Crippen molar-refractivity contribution >= 4 is 39.1 Å². The van der Waals surface area contributed by atoms with Gasteiger partial charge in [0.15, 0.2) is 11.5 Å². The number of benzene rings is 2. The van der Waals surface area contributed by atoms with Crippen LogP contribution in [0.5, 0.6) is 11.5 Å². The van der Waals surface area contributed by atoms with E-state index in [2.05, 4.69) is 21.2 Å². The van der Waals surface area contributed by atoms with Gasteiger partial charge >= 0.3 is 0 Å². The van der Waals surface area contributed by atoms with Crippen LogP contribution in [0.1, 0.15) is 11.1 Å². The third-order valence-corrected chi connectivity index (χ3v) is 4.42. The number of methoxy groups -OCH3 is 1. The van der Waals surface area contributed by atoms with Crippen LogP contribution < -0.4 is 14.8 Å². The number of hydrogen-bond donors (Lipinski definition) is 1. The number of halogens is 3. The fraction of sp³-hybridized carbons (Fsp3) is 0.250. The van der Waals surface area contributed by atoms with Crippen LogP contribution in [-0.4, -0.2) is 14.2 Å². The summed E-state index contributed by atoms with van der Waals surface area (Å²) in [6.45, 7) is 1.07. The van der Waals surface area contributed by atoms with E-state index in [0.29, 0.717) is 28.2 Å². The number of hydrogen-bond acceptors (Lipinski definition) is 3. The second kappa shape index (κ2) is 8.06. The Morgan fingerprint density at radius 1 is 1.09 bits per heavy atom. The maximum atomic E-state index is 6.15. The molecule has 0 aliphatic rings. The van der Waals surface area contributed by atoms with Crippen LogP contribution in [0.2, 0.25) is 10.0 Å². The lowest BCUT2D eigenvalue weighted by Crippen LogP contribution is -2.06. The topological polar surface area (TPSA) is 30.5 Å². The maximum Gasteiger partial charge on any atom is 0.162 e. The maximum absolute atomic E-state index is 6.15. The summed E-state index contributed by atoms with van der Waals surface area (Å²) in [5.74, 6) is 1.33. The molecule has 0 fully saturated rings. The van der Waals surface area contributed by atoms with Crippen molar-refractivity contribution in [3.05, 3.63) is 56.0 Å². The molecule has 0 spiro atoms. The predicted octanol–water partition coefficient (Wildman–Crippen LogP) is 5.06. The molecule has 2 aromatic rings. The van der Waals surface area contributed by atoms with Crippen LogP contribution >= 0.6 is 39.1 Å². The average molecular weight is 405 g/mol. The Labute approximate surface area is 148 Å². The summed E-state index contributed by atoms with van der Waals surface area (Å²) >= 11 is 15.6. The van der Waals surface area contributed by atoms with Gasteiger partial charge in [0, 0.05) is 26.6 Å². The van der Waals surface area contributed by atoms with Crippen molar-refractivity contribution in [2.45, 2.75) is 13.2 Å². The van der Waals surface area contributed by atoms with Crippen molar-refractivity contribution in [3.8, 4) is 11.5 Å². The first-order chi connectivity index (χ1) is 10.5. The molecule has 2 rings (SSSR count). The fourth-order valence-corrected chi connectivity index (χ4v) is 2.90. The van der Waals surface area contributed by atoms with Gasteiger partial charge in [0.25, 0.3) is 0 Å². The molecular formula is C16H16BrCl2NO2. The zero-order valence-corrected chi connectivity index (χ0v) is 15.3. The van der Waals surface area contributed by atoms with Crippen molar-refractivity contribution in [1.82, 2.24) is 5.32 Å². The molecule has 0 unspecified atom stereocenters. The number of ether oxygens (including phenoxy) is 2. The lowest BCUT2D eigenvalue weighted by molar-refractivity contribution is 0.284. The van der Waals surface area contributed by atoms with Crippen LogP contribution in [0, 0.1) is 0 Å². The summed E-state index contributed by atoms with van der Waals surface area (Å²) in [5, 5.41) is 4.29. The molecule has 0 atom stereocenters. The largest absolute Gasteiger partial charge is 0.493 e. The molecule has 0 bridgehead atoms. The third-order valence-electron chi connectivity index (χ3n) is 3.10. The van der Waals surface area contributed by atoms with Crippen LogP contribution in [0.15, 0.2) is 34.8 Å². The van der Waals surface area contributed by atoms with Gasteiger partial charge < -0.3 is 14.8 Å². The molecular weight excluding hydrogens is 389 g/mol. The van der Waals surface area contributed by atoms with Crippen LogP contribution in [0.4, 0.5) is 0 Å². The summed E-state index contributed by atoms with van der Waals surface area (Å²) in [6.07, 6.45) is 0.